The number of aliphatic hydroxyl groups excluding tert-OH is 1. The van der Waals surface area contributed by atoms with Crippen LogP contribution in [0.2, 0.25) is 0 Å². The molecule has 0 fully saturated rings. The molecule has 1 aromatic carbocycles. The Morgan fingerprint density at radius 3 is 2.64 bits per heavy atom. The van der Waals surface area contributed by atoms with Crippen molar-refractivity contribution in [1.82, 2.24) is 0 Å². The first kappa shape index (κ1) is 11.3. The summed E-state index contributed by atoms with van der Waals surface area (Å²) in [5, 5.41) is 18.7. The molecule has 1 aromatic rings. The Bertz CT molecular complexity index is 323. The van der Waals surface area contributed by atoms with Crippen LogP contribution in [0.25, 0.3) is 0 Å². The van der Waals surface area contributed by atoms with Gasteiger partial charge in [0.2, 0.25) is 0 Å². The van der Waals surface area contributed by atoms with E-state index in [0.29, 0.717) is 12.2 Å². The van der Waals surface area contributed by atoms with Gasteiger partial charge in [-0.05, 0) is 31.0 Å². The van der Waals surface area contributed by atoms with E-state index >= 15 is 0 Å². The molecular weight excluding hydrogens is 248 g/mol. The Hall–Kier alpha value is -0.740. The van der Waals surface area contributed by atoms with Crippen LogP contribution in [-0.2, 0) is 6.42 Å². The van der Waals surface area contributed by atoms with Gasteiger partial charge in [-0.25, -0.2) is 0 Å². The number of hydrogen-bond acceptors (Lipinski definition) is 3. The van der Waals surface area contributed by atoms with Crippen LogP contribution in [-0.4, -0.2) is 23.4 Å². The van der Waals surface area contributed by atoms with Crippen LogP contribution >= 0.6 is 15.9 Å². The number of phenolic OH excluding ortho intramolecular Hbond substituents is 1. The molecule has 0 aliphatic carbocycles. The molecular formula is C10H13BrO3. The lowest BCUT2D eigenvalue weighted by Gasteiger charge is -2.10. The quantitative estimate of drug-likeness (QED) is 0.875. The van der Waals surface area contributed by atoms with Crippen molar-refractivity contribution in [2.75, 3.05) is 7.11 Å². The Kier molecular flexibility index (Phi) is 3.77. The lowest BCUT2D eigenvalue weighted by molar-refractivity contribution is 0.195. The molecule has 1 rings (SSSR count). The van der Waals surface area contributed by atoms with E-state index in [4.69, 9.17) is 4.74 Å². The van der Waals surface area contributed by atoms with Gasteiger partial charge in [0.25, 0.3) is 0 Å². The summed E-state index contributed by atoms with van der Waals surface area (Å²) in [4.78, 5) is 0. The molecule has 14 heavy (non-hydrogen) atoms. The zero-order chi connectivity index (χ0) is 10.7. The minimum absolute atomic E-state index is 0.0892. The summed E-state index contributed by atoms with van der Waals surface area (Å²) in [6.07, 6.45) is 0.0668. The summed E-state index contributed by atoms with van der Waals surface area (Å²) in [5.41, 5.74) is 0.860. The molecule has 0 heterocycles. The standard InChI is InChI=1S/C10H13BrO3/c1-6(12)3-7-4-9(13)10(14-2)5-8(7)11/h4-6,12-13H,3H2,1-2H3/t6-/m0/s1. The maximum absolute atomic E-state index is 9.50. The van der Waals surface area contributed by atoms with Crippen LogP contribution in [0.5, 0.6) is 11.5 Å². The number of methoxy groups -OCH3 is 1. The molecule has 0 radical (unpaired) electrons. The number of ether oxygens (including phenoxy) is 1. The van der Waals surface area contributed by atoms with Gasteiger partial charge in [-0.3, -0.25) is 0 Å². The molecule has 0 saturated carbocycles. The Morgan fingerprint density at radius 2 is 2.14 bits per heavy atom. The van der Waals surface area contributed by atoms with Crippen molar-refractivity contribution in [2.45, 2.75) is 19.4 Å². The van der Waals surface area contributed by atoms with E-state index in [1.54, 1.807) is 19.1 Å². The number of hydrogen-bond donors (Lipinski definition) is 2. The van der Waals surface area contributed by atoms with Crippen molar-refractivity contribution in [1.29, 1.82) is 0 Å². The van der Waals surface area contributed by atoms with Crippen molar-refractivity contribution in [3.63, 3.8) is 0 Å². The van der Waals surface area contributed by atoms with Crippen molar-refractivity contribution >= 4 is 15.9 Å². The average Bonchev–Trinajstić information content (AvgIpc) is 2.10. The number of aromatic hydroxyl groups is 1. The summed E-state index contributed by atoms with van der Waals surface area (Å²) >= 11 is 3.35. The van der Waals surface area contributed by atoms with E-state index in [2.05, 4.69) is 15.9 Å². The fraction of sp³-hybridized carbons (Fsp3) is 0.400. The Balaban J connectivity index is 3.02. The van der Waals surface area contributed by atoms with Gasteiger partial charge in [0, 0.05) is 4.47 Å². The first-order valence-electron chi connectivity index (χ1n) is 4.28. The van der Waals surface area contributed by atoms with Crippen LogP contribution in [0.1, 0.15) is 12.5 Å². The molecule has 2 N–H and O–H groups in total. The maximum atomic E-state index is 9.50. The topological polar surface area (TPSA) is 49.7 Å². The van der Waals surface area contributed by atoms with Crippen molar-refractivity contribution < 1.29 is 14.9 Å². The number of phenols is 1. The van der Waals surface area contributed by atoms with Gasteiger partial charge in [0.15, 0.2) is 11.5 Å². The van der Waals surface area contributed by atoms with Gasteiger partial charge in [0.1, 0.15) is 0 Å². The molecule has 0 amide bonds. The molecule has 3 nitrogen and oxygen atoms in total. The molecule has 0 unspecified atom stereocenters. The second-order valence-electron chi connectivity index (χ2n) is 3.17. The fourth-order valence-corrected chi connectivity index (χ4v) is 1.71. The second-order valence-corrected chi connectivity index (χ2v) is 4.02. The highest BCUT2D eigenvalue weighted by Gasteiger charge is 2.09. The SMILES string of the molecule is COc1cc(Br)c(C[C@H](C)O)cc1O. The van der Waals surface area contributed by atoms with E-state index in [0.717, 1.165) is 10.0 Å². The van der Waals surface area contributed by atoms with Gasteiger partial charge < -0.3 is 14.9 Å². The van der Waals surface area contributed by atoms with Crippen molar-refractivity contribution in [3.8, 4) is 11.5 Å². The highest BCUT2D eigenvalue weighted by atomic mass is 79.9. The number of halogens is 1. The highest BCUT2D eigenvalue weighted by molar-refractivity contribution is 9.10. The third kappa shape index (κ3) is 2.62. The molecule has 0 aromatic heterocycles. The molecule has 78 valence electrons. The lowest BCUT2D eigenvalue weighted by atomic mass is 10.1. The summed E-state index contributed by atoms with van der Waals surface area (Å²) in [5.74, 6) is 0.512. The molecule has 0 bridgehead atoms. The van der Waals surface area contributed by atoms with E-state index in [1.165, 1.54) is 7.11 Å². The maximum Gasteiger partial charge on any atom is 0.161 e. The summed E-state index contributed by atoms with van der Waals surface area (Å²) < 4.78 is 5.77. The van der Waals surface area contributed by atoms with Gasteiger partial charge >= 0.3 is 0 Å². The molecule has 1 atom stereocenters. The average molecular weight is 261 g/mol. The zero-order valence-electron chi connectivity index (χ0n) is 8.12. The normalized spacial score (nSPS) is 12.6. The van der Waals surface area contributed by atoms with E-state index in [-0.39, 0.29) is 5.75 Å². The third-order valence-corrected chi connectivity index (χ3v) is 2.60. The minimum Gasteiger partial charge on any atom is -0.504 e. The van der Waals surface area contributed by atoms with Gasteiger partial charge in [-0.1, -0.05) is 15.9 Å². The second kappa shape index (κ2) is 4.66. The largest absolute Gasteiger partial charge is 0.504 e. The predicted octanol–water partition coefficient (Wildman–Crippen LogP) is 2.09. The number of aliphatic hydroxyl groups is 1. The predicted molar refractivity (Wildman–Crippen MR) is 57.7 cm³/mol. The number of rotatable bonds is 3. The van der Waals surface area contributed by atoms with Gasteiger partial charge in [-0.15, -0.1) is 0 Å². The Morgan fingerprint density at radius 1 is 1.50 bits per heavy atom. The minimum atomic E-state index is -0.431. The van der Waals surface area contributed by atoms with Crippen LogP contribution < -0.4 is 4.74 Å². The van der Waals surface area contributed by atoms with E-state index in [9.17, 15) is 10.2 Å². The zero-order valence-corrected chi connectivity index (χ0v) is 9.71. The summed E-state index contributed by atoms with van der Waals surface area (Å²) in [6.45, 7) is 1.70. The lowest BCUT2D eigenvalue weighted by Crippen LogP contribution is -2.04. The van der Waals surface area contributed by atoms with Crippen molar-refractivity contribution in [2.24, 2.45) is 0 Å². The van der Waals surface area contributed by atoms with Crippen LogP contribution in [0.15, 0.2) is 16.6 Å². The van der Waals surface area contributed by atoms with Crippen LogP contribution in [0.4, 0.5) is 0 Å². The molecule has 0 spiro atoms. The van der Waals surface area contributed by atoms with Gasteiger partial charge in [-0.2, -0.15) is 0 Å². The monoisotopic (exact) mass is 260 g/mol. The fourth-order valence-electron chi connectivity index (χ4n) is 1.23. The summed E-state index contributed by atoms with van der Waals surface area (Å²) in [6, 6.07) is 3.28. The highest BCUT2D eigenvalue weighted by Crippen LogP contribution is 2.32. The summed E-state index contributed by atoms with van der Waals surface area (Å²) in [7, 11) is 1.50. The molecule has 4 heteroatoms. The van der Waals surface area contributed by atoms with Gasteiger partial charge in [0.05, 0.1) is 13.2 Å². The molecule has 0 aliphatic rings. The third-order valence-electron chi connectivity index (χ3n) is 1.86. The Labute approximate surface area is 91.5 Å². The molecule has 0 aliphatic heterocycles. The van der Waals surface area contributed by atoms with E-state index < -0.39 is 6.10 Å². The van der Waals surface area contributed by atoms with Crippen LogP contribution in [0.3, 0.4) is 0 Å². The number of benzene rings is 1. The first-order chi connectivity index (χ1) is 6.54. The first-order valence-corrected chi connectivity index (χ1v) is 5.07. The molecule has 0 saturated heterocycles. The van der Waals surface area contributed by atoms with E-state index in [1.807, 2.05) is 0 Å². The smallest absolute Gasteiger partial charge is 0.161 e. The van der Waals surface area contributed by atoms with Crippen molar-refractivity contribution in [3.05, 3.63) is 22.2 Å². The van der Waals surface area contributed by atoms with Crippen LogP contribution in [0, 0.1) is 0 Å².